The molecule has 1 unspecified atom stereocenters. The average molecular weight is 552 g/mol. The molecule has 2 N–H and O–H groups in total. The van der Waals surface area contributed by atoms with Crippen molar-refractivity contribution in [2.45, 2.75) is 50.3 Å². The van der Waals surface area contributed by atoms with Gasteiger partial charge in [-0.05, 0) is 15.4 Å². The molecule has 0 amide bonds. The van der Waals surface area contributed by atoms with Gasteiger partial charge >= 0.3 is 11.4 Å². The molecular weight excluding hydrogens is 522 g/mol. The van der Waals surface area contributed by atoms with Crippen LogP contribution in [0.3, 0.4) is 0 Å². The molecule has 4 aromatic rings. The molecular formula is C26H29N5O5SSi. The number of hydrogen-bond donors (Lipinski definition) is 1. The molecule has 2 fully saturated rings. The van der Waals surface area contributed by atoms with Crippen LogP contribution in [0.5, 0.6) is 0 Å². The second kappa shape index (κ2) is 9.63. The molecule has 2 aromatic carbocycles. The topological polar surface area (TPSA) is 124 Å². The van der Waals surface area contributed by atoms with Gasteiger partial charge in [0.25, 0.3) is 8.32 Å². The van der Waals surface area contributed by atoms with E-state index in [2.05, 4.69) is 60.0 Å². The van der Waals surface area contributed by atoms with Crippen LogP contribution in [0.15, 0.2) is 73.3 Å². The van der Waals surface area contributed by atoms with Crippen LogP contribution < -0.4 is 16.1 Å². The molecule has 38 heavy (non-hydrogen) atoms. The van der Waals surface area contributed by atoms with Crippen LogP contribution in [0.4, 0.5) is 5.82 Å². The highest BCUT2D eigenvalue weighted by Crippen LogP contribution is 2.42. The van der Waals surface area contributed by atoms with E-state index in [0.29, 0.717) is 11.2 Å². The molecule has 0 radical (unpaired) electrons. The number of hydrogen-bond acceptors (Lipinski definition) is 9. The molecule has 5 atom stereocenters. The largest absolute Gasteiger partial charge is 0.405 e. The minimum Gasteiger partial charge on any atom is -0.405 e. The maximum Gasteiger partial charge on any atom is 0.305 e. The zero-order chi connectivity index (χ0) is 26.5. The van der Waals surface area contributed by atoms with E-state index in [-0.39, 0.29) is 17.5 Å². The van der Waals surface area contributed by atoms with Crippen molar-refractivity contribution in [1.82, 2.24) is 19.5 Å². The van der Waals surface area contributed by atoms with Gasteiger partial charge in [-0.3, -0.25) is 12.9 Å². The number of aromatic nitrogens is 4. The summed E-state index contributed by atoms with van der Waals surface area (Å²) in [7, 11) is -2.83. The summed E-state index contributed by atoms with van der Waals surface area (Å²) >= 11 is -1.90. The first-order valence-electron chi connectivity index (χ1n) is 12.4. The Hall–Kier alpha value is -3.00. The van der Waals surface area contributed by atoms with Crippen molar-refractivity contribution >= 4 is 47.0 Å². The Morgan fingerprint density at radius 3 is 2.24 bits per heavy atom. The van der Waals surface area contributed by atoms with E-state index < -0.39 is 44.2 Å². The highest BCUT2D eigenvalue weighted by Gasteiger charge is 2.56. The van der Waals surface area contributed by atoms with Gasteiger partial charge in [-0.25, -0.2) is 15.0 Å². The van der Waals surface area contributed by atoms with E-state index in [4.69, 9.17) is 23.3 Å². The van der Waals surface area contributed by atoms with Gasteiger partial charge in [-0.1, -0.05) is 81.4 Å². The quantitative estimate of drug-likeness (QED) is 0.359. The molecule has 198 valence electrons. The van der Waals surface area contributed by atoms with Crippen molar-refractivity contribution < 1.29 is 21.7 Å². The molecule has 2 saturated heterocycles. The summed E-state index contributed by atoms with van der Waals surface area (Å²) in [6.45, 7) is 6.86. The van der Waals surface area contributed by atoms with Crippen LogP contribution in [-0.2, 0) is 28.9 Å². The summed E-state index contributed by atoms with van der Waals surface area (Å²) in [5, 5.41) is 2.10. The summed E-state index contributed by atoms with van der Waals surface area (Å²) in [5.41, 5.74) is 6.94. The summed E-state index contributed by atoms with van der Waals surface area (Å²) < 4.78 is 39.0. The maximum atomic E-state index is 12.3. The first-order valence-corrected chi connectivity index (χ1v) is 15.3. The standard InChI is InChI=1S/C26H29N5O5SSi/c1-26(2,3)38(17-10-6-4-7-11-17,18-12-8-5-9-13-18)33-14-19-21-22(36-37(32)35-21)25(34-19)31-16-30-20-23(27)28-15-29-24(20)31/h4-13,15-16,19,21-22,25H,14H2,1-3H3,(H2,27,28,29)/t19-,21-,22-,25-,37?/m1/s1. The molecule has 2 aromatic heterocycles. The third-order valence-corrected chi connectivity index (χ3v) is 13.0. The lowest BCUT2D eigenvalue weighted by atomic mass is 10.1. The first kappa shape index (κ1) is 25.3. The number of imidazole rings is 1. The molecule has 10 nitrogen and oxygen atoms in total. The van der Waals surface area contributed by atoms with E-state index in [1.807, 2.05) is 36.4 Å². The van der Waals surface area contributed by atoms with Gasteiger partial charge in [-0.2, -0.15) is 4.21 Å². The van der Waals surface area contributed by atoms with Gasteiger partial charge in [-0.15, -0.1) is 0 Å². The van der Waals surface area contributed by atoms with Crippen molar-refractivity contribution in [1.29, 1.82) is 0 Å². The van der Waals surface area contributed by atoms with Crippen LogP contribution in [0, 0.1) is 0 Å². The highest BCUT2D eigenvalue weighted by atomic mass is 32.2. The zero-order valence-electron chi connectivity index (χ0n) is 21.3. The van der Waals surface area contributed by atoms with Crippen LogP contribution in [0.2, 0.25) is 5.04 Å². The lowest BCUT2D eigenvalue weighted by molar-refractivity contribution is -0.0499. The number of fused-ring (bicyclic) bond motifs is 2. The fourth-order valence-corrected chi connectivity index (χ4v) is 10.9. The van der Waals surface area contributed by atoms with E-state index in [0.717, 1.165) is 10.4 Å². The Morgan fingerprint density at radius 2 is 1.61 bits per heavy atom. The van der Waals surface area contributed by atoms with E-state index in [1.54, 1.807) is 10.9 Å². The molecule has 12 heteroatoms. The van der Waals surface area contributed by atoms with E-state index >= 15 is 0 Å². The van der Waals surface area contributed by atoms with Crippen LogP contribution in [-0.4, -0.2) is 57.0 Å². The normalized spacial score (nSPS) is 25.6. The molecule has 0 bridgehead atoms. The van der Waals surface area contributed by atoms with Gasteiger partial charge < -0.3 is 14.9 Å². The van der Waals surface area contributed by atoms with Crippen LogP contribution in [0.25, 0.3) is 11.2 Å². The number of rotatable bonds is 6. The first-order chi connectivity index (χ1) is 18.3. The minimum absolute atomic E-state index is 0.210. The molecule has 0 aliphatic carbocycles. The maximum absolute atomic E-state index is 12.3. The molecule has 0 saturated carbocycles. The lowest BCUT2D eigenvalue weighted by Crippen LogP contribution is -2.67. The van der Waals surface area contributed by atoms with Crippen molar-refractivity contribution in [3.05, 3.63) is 73.3 Å². The fourth-order valence-electron chi connectivity index (χ4n) is 5.51. The number of nitrogen functional groups attached to an aromatic ring is 1. The number of benzene rings is 2. The predicted molar refractivity (Wildman–Crippen MR) is 145 cm³/mol. The van der Waals surface area contributed by atoms with Crippen LogP contribution >= 0.6 is 0 Å². The monoisotopic (exact) mass is 551 g/mol. The average Bonchev–Trinajstić information content (AvgIpc) is 3.59. The summed E-state index contributed by atoms with van der Waals surface area (Å²) in [5.74, 6) is 0.266. The number of nitrogens with zero attached hydrogens (tertiary/aromatic N) is 4. The number of anilines is 1. The van der Waals surface area contributed by atoms with Gasteiger partial charge in [0.2, 0.25) is 0 Å². The fraction of sp³-hybridized carbons (Fsp3) is 0.346. The Kier molecular flexibility index (Phi) is 6.41. The summed E-state index contributed by atoms with van der Waals surface area (Å²) in [4.78, 5) is 12.7. The summed E-state index contributed by atoms with van der Waals surface area (Å²) in [6, 6.07) is 20.7. The highest BCUT2D eigenvalue weighted by molar-refractivity contribution is 7.75. The Bertz CT molecular complexity index is 1430. The second-order valence-corrected chi connectivity index (χ2v) is 15.5. The second-order valence-electron chi connectivity index (χ2n) is 10.4. The van der Waals surface area contributed by atoms with Crippen molar-refractivity contribution in [2.24, 2.45) is 0 Å². The number of ether oxygens (including phenoxy) is 1. The SMILES string of the molecule is CC(C)(C)[Si](OC[C@H]1O[C@@H](n2cnc3c(N)ncnc32)[C@@H]2OS(=O)O[C@@H]21)(c1ccccc1)c1ccccc1. The smallest absolute Gasteiger partial charge is 0.305 e. The molecule has 4 heterocycles. The van der Waals surface area contributed by atoms with Gasteiger partial charge in [0.1, 0.15) is 24.1 Å². The predicted octanol–water partition coefficient (Wildman–Crippen LogP) is 2.25. The third-order valence-electron chi connectivity index (χ3n) is 7.21. The molecule has 0 spiro atoms. The van der Waals surface area contributed by atoms with E-state index in [1.165, 1.54) is 6.33 Å². The van der Waals surface area contributed by atoms with Gasteiger partial charge in [0.15, 0.2) is 23.8 Å². The third kappa shape index (κ3) is 4.08. The molecule has 2 aliphatic rings. The van der Waals surface area contributed by atoms with E-state index in [9.17, 15) is 4.21 Å². The van der Waals surface area contributed by atoms with Crippen molar-refractivity contribution in [3.63, 3.8) is 0 Å². The zero-order valence-corrected chi connectivity index (χ0v) is 23.1. The Labute approximate surface area is 224 Å². The van der Waals surface area contributed by atoms with Gasteiger partial charge in [0, 0.05) is 0 Å². The molecule has 6 rings (SSSR count). The van der Waals surface area contributed by atoms with Gasteiger partial charge in [0.05, 0.1) is 12.9 Å². The lowest BCUT2D eigenvalue weighted by Gasteiger charge is -2.43. The van der Waals surface area contributed by atoms with Crippen molar-refractivity contribution in [2.75, 3.05) is 12.3 Å². The summed E-state index contributed by atoms with van der Waals surface area (Å²) in [6.07, 6.45) is 0.477. The Balaban J connectivity index is 1.37. The van der Waals surface area contributed by atoms with Crippen LogP contribution in [0.1, 0.15) is 27.0 Å². The minimum atomic E-state index is -2.83. The molecule has 2 aliphatic heterocycles. The number of nitrogens with two attached hydrogens (primary N) is 1. The Morgan fingerprint density at radius 1 is 0.974 bits per heavy atom. The van der Waals surface area contributed by atoms with Crippen molar-refractivity contribution in [3.8, 4) is 0 Å².